The summed E-state index contributed by atoms with van der Waals surface area (Å²) in [6, 6.07) is 17.7. The summed E-state index contributed by atoms with van der Waals surface area (Å²) in [5.41, 5.74) is 4.39. The number of H-pyrrole nitrogens is 1. The Hall–Kier alpha value is -3.99. The molecule has 0 unspecified atom stereocenters. The van der Waals surface area contributed by atoms with E-state index in [9.17, 15) is 5.11 Å². The SMILES string of the molecule is Oc1[nH]c2ccccc2c1/C=c1\ccc2c(c1)N=NC=2/C=C/c1ccncc1. The lowest BCUT2D eigenvalue weighted by atomic mass is 10.1. The molecule has 0 spiro atoms. The number of pyridine rings is 1. The van der Waals surface area contributed by atoms with Crippen molar-refractivity contribution in [2.75, 3.05) is 0 Å². The van der Waals surface area contributed by atoms with Gasteiger partial charge in [-0.3, -0.25) is 4.98 Å². The molecular formula is C23H16N4O. The third kappa shape index (κ3) is 2.89. The third-order valence-electron chi connectivity index (χ3n) is 4.74. The fourth-order valence-corrected chi connectivity index (χ4v) is 3.33. The fourth-order valence-electron chi connectivity index (χ4n) is 3.33. The highest BCUT2D eigenvalue weighted by atomic mass is 16.3. The molecule has 0 saturated carbocycles. The van der Waals surface area contributed by atoms with Gasteiger partial charge in [0.2, 0.25) is 0 Å². The second-order valence-electron chi connectivity index (χ2n) is 6.55. The molecule has 1 aliphatic rings. The summed E-state index contributed by atoms with van der Waals surface area (Å²) >= 11 is 0. The molecule has 0 atom stereocenters. The van der Waals surface area contributed by atoms with Crippen molar-refractivity contribution in [3.63, 3.8) is 0 Å². The maximum Gasteiger partial charge on any atom is 0.196 e. The summed E-state index contributed by atoms with van der Waals surface area (Å²) in [6.07, 6.45) is 9.43. The van der Waals surface area contributed by atoms with Gasteiger partial charge in [0.25, 0.3) is 0 Å². The minimum atomic E-state index is 0.163. The van der Waals surface area contributed by atoms with Gasteiger partial charge in [0.1, 0.15) is 0 Å². The van der Waals surface area contributed by atoms with E-state index in [1.165, 1.54) is 0 Å². The number of aromatic amines is 1. The van der Waals surface area contributed by atoms with E-state index in [1.807, 2.05) is 72.8 Å². The first-order valence-electron chi connectivity index (χ1n) is 8.93. The zero-order valence-corrected chi connectivity index (χ0v) is 14.9. The minimum absolute atomic E-state index is 0.163. The number of fused-ring (bicyclic) bond motifs is 2. The molecule has 0 aliphatic carbocycles. The summed E-state index contributed by atoms with van der Waals surface area (Å²) in [6.45, 7) is 0. The first kappa shape index (κ1) is 16.2. The van der Waals surface area contributed by atoms with Crippen LogP contribution >= 0.6 is 0 Å². The van der Waals surface area contributed by atoms with Gasteiger partial charge in [-0.15, -0.1) is 10.2 Å². The van der Waals surface area contributed by atoms with Crippen molar-refractivity contribution >= 4 is 34.4 Å². The molecule has 0 saturated heterocycles. The molecule has 0 bridgehead atoms. The number of nitrogens with zero attached hydrogens (tertiary/aromatic N) is 3. The predicted octanol–water partition coefficient (Wildman–Crippen LogP) is 4.02. The summed E-state index contributed by atoms with van der Waals surface area (Å²) < 4.78 is 0. The van der Waals surface area contributed by atoms with Crippen LogP contribution in [-0.2, 0) is 0 Å². The van der Waals surface area contributed by atoms with E-state index in [1.54, 1.807) is 12.4 Å². The van der Waals surface area contributed by atoms with Gasteiger partial charge in [-0.2, -0.15) is 0 Å². The quantitative estimate of drug-likeness (QED) is 0.576. The molecule has 1 aliphatic heterocycles. The number of azo groups is 1. The third-order valence-corrected chi connectivity index (χ3v) is 4.74. The molecule has 134 valence electrons. The Morgan fingerprint density at radius 3 is 2.64 bits per heavy atom. The van der Waals surface area contributed by atoms with Crippen LogP contribution in [-0.4, -0.2) is 15.1 Å². The Balaban J connectivity index is 1.56. The number of benzene rings is 2. The number of nitrogens with one attached hydrogen (secondary N) is 1. The number of aromatic nitrogens is 2. The standard InChI is InChI=1S/C23H16N4O/c28-23-19(17-3-1-2-4-20(17)25-23)13-16-5-7-18-21(26-27-22(18)14-16)8-6-15-9-11-24-12-10-15/h1-14,25,28H/b8-6+,16-13+. The van der Waals surface area contributed by atoms with Crippen LogP contribution in [0.4, 0.5) is 5.69 Å². The van der Waals surface area contributed by atoms with Crippen molar-refractivity contribution in [1.82, 2.24) is 9.97 Å². The van der Waals surface area contributed by atoms with Crippen molar-refractivity contribution < 1.29 is 5.11 Å². The number of para-hydroxylation sites is 1. The van der Waals surface area contributed by atoms with E-state index in [4.69, 9.17) is 0 Å². The van der Waals surface area contributed by atoms with Crippen molar-refractivity contribution in [2.45, 2.75) is 0 Å². The molecule has 2 aromatic heterocycles. The smallest absolute Gasteiger partial charge is 0.196 e. The molecule has 28 heavy (non-hydrogen) atoms. The normalized spacial score (nSPS) is 13.7. The van der Waals surface area contributed by atoms with Gasteiger partial charge in [-0.05, 0) is 53.3 Å². The van der Waals surface area contributed by atoms with Crippen LogP contribution in [0.2, 0.25) is 0 Å². The van der Waals surface area contributed by atoms with Gasteiger partial charge in [-0.25, -0.2) is 0 Å². The van der Waals surface area contributed by atoms with Crippen LogP contribution in [0.5, 0.6) is 5.88 Å². The number of hydrogen-bond acceptors (Lipinski definition) is 4. The van der Waals surface area contributed by atoms with Crippen molar-refractivity contribution in [3.05, 3.63) is 94.6 Å². The van der Waals surface area contributed by atoms with Crippen molar-refractivity contribution in [1.29, 1.82) is 0 Å². The summed E-state index contributed by atoms with van der Waals surface area (Å²) in [7, 11) is 0. The van der Waals surface area contributed by atoms with Gasteiger partial charge in [-0.1, -0.05) is 30.3 Å². The highest BCUT2D eigenvalue weighted by Crippen LogP contribution is 2.27. The second-order valence-corrected chi connectivity index (χ2v) is 6.55. The lowest BCUT2D eigenvalue weighted by Gasteiger charge is -1.95. The Bertz CT molecular complexity index is 1370. The van der Waals surface area contributed by atoms with Gasteiger partial charge in [0.05, 0.1) is 11.4 Å². The molecule has 3 heterocycles. The summed E-state index contributed by atoms with van der Waals surface area (Å²) in [4.78, 5) is 7.02. The Labute approximate surface area is 160 Å². The topological polar surface area (TPSA) is 73.6 Å². The lowest BCUT2D eigenvalue weighted by Crippen LogP contribution is -2.08. The lowest BCUT2D eigenvalue weighted by molar-refractivity contribution is 0.457. The highest BCUT2D eigenvalue weighted by molar-refractivity contribution is 5.91. The average Bonchev–Trinajstić information content (AvgIpc) is 3.28. The Morgan fingerprint density at radius 1 is 0.893 bits per heavy atom. The van der Waals surface area contributed by atoms with E-state index in [2.05, 4.69) is 20.2 Å². The van der Waals surface area contributed by atoms with Crippen LogP contribution < -0.4 is 10.4 Å². The molecule has 5 heteroatoms. The Morgan fingerprint density at radius 2 is 1.75 bits per heavy atom. The first-order valence-corrected chi connectivity index (χ1v) is 8.93. The molecular weight excluding hydrogens is 348 g/mol. The zero-order valence-electron chi connectivity index (χ0n) is 14.9. The second kappa shape index (κ2) is 6.63. The monoisotopic (exact) mass is 364 g/mol. The van der Waals surface area contributed by atoms with E-state index in [0.717, 1.165) is 43.9 Å². The molecule has 2 N–H and O–H groups in total. The first-order chi connectivity index (χ1) is 13.8. The average molecular weight is 364 g/mol. The van der Waals surface area contributed by atoms with E-state index in [0.29, 0.717) is 0 Å². The van der Waals surface area contributed by atoms with Crippen molar-refractivity contribution in [3.8, 4) is 5.88 Å². The molecule has 5 rings (SSSR count). The maximum atomic E-state index is 10.3. The van der Waals surface area contributed by atoms with Gasteiger partial charge >= 0.3 is 0 Å². The Kier molecular flexibility index (Phi) is 3.84. The van der Waals surface area contributed by atoms with E-state index < -0.39 is 0 Å². The molecule has 0 amide bonds. The predicted molar refractivity (Wildman–Crippen MR) is 110 cm³/mol. The minimum Gasteiger partial charge on any atom is -0.494 e. The molecule has 5 nitrogen and oxygen atoms in total. The van der Waals surface area contributed by atoms with Crippen molar-refractivity contribution in [2.24, 2.45) is 10.2 Å². The van der Waals surface area contributed by atoms with Crippen LogP contribution in [0.15, 0.2) is 83.3 Å². The molecule has 4 aromatic rings. The maximum absolute atomic E-state index is 10.3. The number of rotatable bonds is 3. The van der Waals surface area contributed by atoms with Crippen LogP contribution in [0.25, 0.3) is 28.8 Å². The summed E-state index contributed by atoms with van der Waals surface area (Å²) in [5.74, 6) is 0.163. The molecule has 2 aromatic carbocycles. The van der Waals surface area contributed by atoms with Gasteiger partial charge < -0.3 is 10.1 Å². The van der Waals surface area contributed by atoms with Gasteiger partial charge in [0, 0.05) is 34.1 Å². The van der Waals surface area contributed by atoms with Crippen LogP contribution in [0, 0.1) is 0 Å². The zero-order chi connectivity index (χ0) is 18.9. The van der Waals surface area contributed by atoms with E-state index in [-0.39, 0.29) is 5.88 Å². The number of hydrogen-bond donors (Lipinski definition) is 2. The van der Waals surface area contributed by atoms with E-state index >= 15 is 0 Å². The molecule has 0 fully saturated rings. The van der Waals surface area contributed by atoms with Crippen LogP contribution in [0.1, 0.15) is 11.1 Å². The number of aromatic hydroxyl groups is 1. The molecule has 0 radical (unpaired) electrons. The van der Waals surface area contributed by atoms with Crippen LogP contribution in [0.3, 0.4) is 0 Å². The fraction of sp³-hybridized carbons (Fsp3) is 0. The van der Waals surface area contributed by atoms with Gasteiger partial charge in [0.15, 0.2) is 5.88 Å². The largest absolute Gasteiger partial charge is 0.494 e. The summed E-state index contributed by atoms with van der Waals surface area (Å²) in [5, 5.41) is 21.8. The highest BCUT2D eigenvalue weighted by Gasteiger charge is 2.09.